The summed E-state index contributed by atoms with van der Waals surface area (Å²) in [6.45, 7) is 7.34. The topological polar surface area (TPSA) is 79.0 Å². The van der Waals surface area contributed by atoms with Crippen molar-refractivity contribution in [3.63, 3.8) is 0 Å². The van der Waals surface area contributed by atoms with Crippen LogP contribution in [-0.4, -0.2) is 38.7 Å². The summed E-state index contributed by atoms with van der Waals surface area (Å²) in [5.74, 6) is 1.21. The van der Waals surface area contributed by atoms with Crippen molar-refractivity contribution in [1.29, 1.82) is 5.26 Å². The van der Waals surface area contributed by atoms with E-state index in [4.69, 9.17) is 4.98 Å². The summed E-state index contributed by atoms with van der Waals surface area (Å²) in [7, 11) is 2.03. The highest BCUT2D eigenvalue weighted by atomic mass is 16.2. The minimum absolute atomic E-state index is 0.0143. The van der Waals surface area contributed by atoms with Gasteiger partial charge >= 0.3 is 0 Å². The maximum absolute atomic E-state index is 13.2. The number of ketones is 1. The molecule has 1 saturated heterocycles. The van der Waals surface area contributed by atoms with Crippen LogP contribution in [0.5, 0.6) is 0 Å². The number of nitriles is 1. The molecule has 1 aliphatic carbocycles. The fourth-order valence-electron chi connectivity index (χ4n) is 6.57. The van der Waals surface area contributed by atoms with Crippen LogP contribution in [0.3, 0.4) is 0 Å². The lowest BCUT2D eigenvalue weighted by molar-refractivity contribution is -0.140. The van der Waals surface area contributed by atoms with Gasteiger partial charge in [0.15, 0.2) is 5.78 Å². The van der Waals surface area contributed by atoms with Crippen molar-refractivity contribution in [2.45, 2.75) is 71.3 Å². The van der Waals surface area contributed by atoms with E-state index in [0.717, 1.165) is 48.0 Å². The largest absolute Gasteiger partial charge is 0.339 e. The van der Waals surface area contributed by atoms with Gasteiger partial charge in [-0.3, -0.25) is 9.59 Å². The normalized spacial score (nSPS) is 22.4. The molecule has 0 radical (unpaired) electrons. The van der Waals surface area contributed by atoms with E-state index < -0.39 is 0 Å². The van der Waals surface area contributed by atoms with Gasteiger partial charge in [0.2, 0.25) is 5.91 Å². The Bertz CT molecular complexity index is 1390. The Kier molecular flexibility index (Phi) is 6.90. The zero-order valence-corrected chi connectivity index (χ0v) is 22.3. The second-order valence-corrected chi connectivity index (χ2v) is 11.2. The Labute approximate surface area is 219 Å². The number of fused-ring (bicyclic) bond motifs is 1. The fraction of sp³-hybridized carbons (Fsp3) is 0.484. The first-order valence-corrected chi connectivity index (χ1v) is 13.6. The van der Waals surface area contributed by atoms with Gasteiger partial charge in [0.25, 0.3) is 0 Å². The lowest BCUT2D eigenvalue weighted by atomic mass is 9.78. The zero-order valence-electron chi connectivity index (χ0n) is 22.3. The Morgan fingerprint density at radius 3 is 2.68 bits per heavy atom. The van der Waals surface area contributed by atoms with Crippen molar-refractivity contribution < 1.29 is 9.59 Å². The van der Waals surface area contributed by atoms with Gasteiger partial charge in [-0.25, -0.2) is 4.98 Å². The van der Waals surface area contributed by atoms with E-state index in [1.807, 2.05) is 13.2 Å². The number of aryl methyl sites for hydroxylation is 2. The molecule has 0 unspecified atom stereocenters. The number of hydrogen-bond acceptors (Lipinski definition) is 4. The molecule has 0 N–H and O–H groups in total. The third-order valence-corrected chi connectivity index (χ3v) is 8.73. The van der Waals surface area contributed by atoms with Crippen LogP contribution >= 0.6 is 0 Å². The fourth-order valence-corrected chi connectivity index (χ4v) is 6.57. The van der Waals surface area contributed by atoms with E-state index in [1.54, 1.807) is 24.3 Å². The van der Waals surface area contributed by atoms with E-state index in [0.29, 0.717) is 28.9 Å². The van der Waals surface area contributed by atoms with Gasteiger partial charge in [-0.15, -0.1) is 0 Å². The van der Waals surface area contributed by atoms with Crippen molar-refractivity contribution in [1.82, 2.24) is 14.5 Å². The van der Waals surface area contributed by atoms with E-state index >= 15 is 0 Å². The number of carbonyl (C=O) groups excluding carboxylic acids is 2. The molecule has 2 aliphatic rings. The highest BCUT2D eigenvalue weighted by Gasteiger charge is 2.38. The molecule has 1 aromatic carbocycles. The highest BCUT2D eigenvalue weighted by Crippen LogP contribution is 2.42. The van der Waals surface area contributed by atoms with Crippen molar-refractivity contribution >= 4 is 22.7 Å². The molecule has 2 aromatic heterocycles. The monoisotopic (exact) mass is 496 g/mol. The molecule has 192 valence electrons. The van der Waals surface area contributed by atoms with Gasteiger partial charge in [-0.2, -0.15) is 5.26 Å². The number of rotatable bonds is 5. The third kappa shape index (κ3) is 4.68. The summed E-state index contributed by atoms with van der Waals surface area (Å²) >= 11 is 0. The molecule has 6 heteroatoms. The molecule has 6 nitrogen and oxygen atoms in total. The number of carbonyl (C=O) groups is 2. The van der Waals surface area contributed by atoms with Crippen molar-refractivity contribution in [3.05, 3.63) is 64.5 Å². The molecular weight excluding hydrogens is 460 g/mol. The van der Waals surface area contributed by atoms with Gasteiger partial charge < -0.3 is 9.47 Å². The average molecular weight is 497 g/mol. The summed E-state index contributed by atoms with van der Waals surface area (Å²) in [5, 5.41) is 10.3. The van der Waals surface area contributed by atoms with Gasteiger partial charge in [-0.05, 0) is 73.8 Å². The van der Waals surface area contributed by atoms with Crippen LogP contribution in [-0.2, 0) is 18.3 Å². The first-order valence-electron chi connectivity index (χ1n) is 13.6. The minimum atomic E-state index is -0.0143. The van der Waals surface area contributed by atoms with Crippen LogP contribution in [0.1, 0.15) is 84.5 Å². The predicted molar refractivity (Wildman–Crippen MR) is 144 cm³/mol. The Balaban J connectivity index is 1.43. The lowest BCUT2D eigenvalue weighted by Gasteiger charge is -2.43. The number of nitrogens with zero attached hydrogens (tertiary/aromatic N) is 4. The van der Waals surface area contributed by atoms with Gasteiger partial charge in [0, 0.05) is 55.3 Å². The molecule has 0 spiro atoms. The molecule has 3 atom stereocenters. The Hall–Kier alpha value is -3.46. The summed E-state index contributed by atoms with van der Waals surface area (Å²) in [6, 6.07) is 9.19. The molecular formula is C31H36N4O2. The van der Waals surface area contributed by atoms with Gasteiger partial charge in [-0.1, -0.05) is 31.9 Å². The molecule has 2 fully saturated rings. The molecule has 1 amide bonds. The van der Waals surface area contributed by atoms with Gasteiger partial charge in [0.1, 0.15) is 5.65 Å². The number of likely N-dealkylation sites (tertiary alicyclic amines) is 1. The van der Waals surface area contributed by atoms with Crippen molar-refractivity contribution in [2.75, 3.05) is 6.54 Å². The Morgan fingerprint density at radius 2 is 1.95 bits per heavy atom. The van der Waals surface area contributed by atoms with Crippen LogP contribution in [0.4, 0.5) is 0 Å². The Morgan fingerprint density at radius 1 is 1.19 bits per heavy atom. The SMILES string of the molecule is Cc1c(CC(=O)c2cccc(C#N)c2)cnc2c1c([C@H]1C[C@H](C)N(C(=O)C3CCCC3)C[C@H]1C)cn2C. The molecule has 1 aliphatic heterocycles. The summed E-state index contributed by atoms with van der Waals surface area (Å²) in [5.41, 5.74) is 5.25. The van der Waals surface area contributed by atoms with Crippen LogP contribution in [0.25, 0.3) is 11.0 Å². The summed E-state index contributed by atoms with van der Waals surface area (Å²) < 4.78 is 2.09. The lowest BCUT2D eigenvalue weighted by Crippen LogP contribution is -2.49. The van der Waals surface area contributed by atoms with Crippen molar-refractivity contribution in [2.24, 2.45) is 18.9 Å². The number of piperidine rings is 1. The van der Waals surface area contributed by atoms with Crippen molar-refractivity contribution in [3.8, 4) is 6.07 Å². The number of amides is 1. The highest BCUT2D eigenvalue weighted by molar-refractivity contribution is 5.98. The molecule has 3 heterocycles. The number of aromatic nitrogens is 2. The second kappa shape index (κ2) is 10.1. The average Bonchev–Trinajstić information content (AvgIpc) is 3.55. The molecule has 3 aromatic rings. The summed E-state index contributed by atoms with van der Waals surface area (Å²) in [4.78, 5) is 33.2. The smallest absolute Gasteiger partial charge is 0.225 e. The van der Waals surface area contributed by atoms with E-state index in [-0.39, 0.29) is 24.2 Å². The maximum Gasteiger partial charge on any atom is 0.225 e. The number of pyridine rings is 1. The zero-order chi connectivity index (χ0) is 26.3. The minimum Gasteiger partial charge on any atom is -0.339 e. The third-order valence-electron chi connectivity index (χ3n) is 8.73. The summed E-state index contributed by atoms with van der Waals surface area (Å²) in [6.07, 6.45) is 9.63. The molecule has 37 heavy (non-hydrogen) atoms. The van der Waals surface area contributed by atoms with E-state index in [1.165, 1.54) is 18.4 Å². The van der Waals surface area contributed by atoms with E-state index in [9.17, 15) is 14.9 Å². The van der Waals surface area contributed by atoms with Crippen LogP contribution < -0.4 is 0 Å². The van der Waals surface area contributed by atoms with Gasteiger partial charge in [0.05, 0.1) is 11.6 Å². The molecule has 1 saturated carbocycles. The van der Waals surface area contributed by atoms with Crippen LogP contribution in [0.2, 0.25) is 0 Å². The van der Waals surface area contributed by atoms with Crippen LogP contribution in [0, 0.1) is 30.1 Å². The number of benzene rings is 1. The molecule has 0 bridgehead atoms. The standard InChI is InChI=1S/C31H36N4O2/c1-19-17-35(31(37)23-9-5-6-10-23)20(2)12-26(19)27-18-34(4)30-29(27)21(3)25(16-33-30)14-28(36)24-11-7-8-22(13-24)15-32/h7-8,11,13,16,18-20,23,26H,5-6,9-10,12,14,17H2,1-4H3/t19-,20+,26+/m1/s1. The first kappa shape index (κ1) is 25.2. The maximum atomic E-state index is 13.2. The predicted octanol–water partition coefficient (Wildman–Crippen LogP) is 5.71. The second-order valence-electron chi connectivity index (χ2n) is 11.2. The van der Waals surface area contributed by atoms with Crippen LogP contribution in [0.15, 0.2) is 36.7 Å². The number of Topliss-reactive ketones (excluding diaryl/α,β-unsaturated/α-hetero) is 1. The quantitative estimate of drug-likeness (QED) is 0.424. The van der Waals surface area contributed by atoms with E-state index in [2.05, 4.69) is 42.5 Å². The number of hydrogen-bond donors (Lipinski definition) is 0. The molecule has 5 rings (SSSR count). The first-order chi connectivity index (χ1) is 17.8.